The van der Waals surface area contributed by atoms with E-state index in [9.17, 15) is 92.3 Å². The van der Waals surface area contributed by atoms with Crippen LogP contribution in [-0.4, -0.2) is 350 Å². The number of nitrogens with zero attached hydrogens (tertiary/aromatic N) is 6. The number of carboxylic acids is 3. The molecule has 3 aliphatic rings. The second kappa shape index (κ2) is 68.3. The molecule has 2 aromatic heterocycles. The summed E-state index contributed by atoms with van der Waals surface area (Å²) in [4.78, 5) is 253. The Hall–Kier alpha value is -11.9. The number of tetrazole rings is 1. The summed E-state index contributed by atoms with van der Waals surface area (Å²) < 4.78 is 11.0. The number of rotatable bonds is 64. The first-order chi connectivity index (χ1) is 68.7. The van der Waals surface area contributed by atoms with Crippen LogP contribution in [0, 0.1) is 5.41 Å². The van der Waals surface area contributed by atoms with E-state index in [0.29, 0.717) is 35.9 Å². The first kappa shape index (κ1) is 120. The molecule has 1 aromatic carbocycles. The number of hydrogen-bond acceptors (Lipinski definition) is 29. The zero-order chi connectivity index (χ0) is 104. The van der Waals surface area contributed by atoms with E-state index in [4.69, 9.17) is 32.1 Å². The first-order valence-corrected chi connectivity index (χ1v) is 52.1. The molecule has 5 heterocycles. The Balaban J connectivity index is 1.09. The van der Waals surface area contributed by atoms with Gasteiger partial charge >= 0.3 is 17.9 Å². The van der Waals surface area contributed by atoms with Crippen molar-refractivity contribution in [1.82, 2.24) is 109 Å². The van der Waals surface area contributed by atoms with Crippen LogP contribution >= 0.6 is 21.6 Å². The fourth-order valence-electron chi connectivity index (χ4n) is 16.8. The molecule has 0 bridgehead atoms. The average molecular weight is 2050 g/mol. The predicted molar refractivity (Wildman–Crippen MR) is 526 cm³/mol. The molecule has 11 atom stereocenters. The largest absolute Gasteiger partial charge is 0.481 e. The summed E-state index contributed by atoms with van der Waals surface area (Å²) >= 11 is 0. The molecule has 3 aromatic rings. The molecule has 143 heavy (non-hydrogen) atoms. The van der Waals surface area contributed by atoms with E-state index in [1.54, 1.807) is 30.5 Å². The van der Waals surface area contributed by atoms with Crippen LogP contribution in [0.25, 0.3) is 10.9 Å². The minimum Gasteiger partial charge on any atom is -0.481 e. The number of hydrogen-bond donors (Lipinski definition) is 23. The van der Waals surface area contributed by atoms with Crippen molar-refractivity contribution in [1.29, 1.82) is 5.41 Å². The highest BCUT2D eigenvalue weighted by Crippen LogP contribution is 2.30. The summed E-state index contributed by atoms with van der Waals surface area (Å²) in [6, 6.07) is -8.81. The van der Waals surface area contributed by atoms with E-state index >= 15 is 14.4 Å². The molecule has 798 valence electrons. The van der Waals surface area contributed by atoms with Gasteiger partial charge < -0.3 is 131 Å². The number of nitrogens with one attached hydrogen (secondary N) is 16. The van der Waals surface area contributed by atoms with Crippen LogP contribution in [0.15, 0.2) is 30.5 Å². The molecule has 6 rings (SSSR count). The molecule has 0 unspecified atom stereocenters. The van der Waals surface area contributed by atoms with Gasteiger partial charge in [0, 0.05) is 93.9 Å². The number of carboxylic acid groups (broad SMARTS) is 3. The number of carbonyl (C=O) groups is 18. The maximum absolute atomic E-state index is 15.5. The van der Waals surface area contributed by atoms with Crippen LogP contribution in [0.4, 0.5) is 0 Å². The second-order valence-electron chi connectivity index (χ2n) is 35.8. The number of amides is 15. The molecule has 49 nitrogen and oxygen atoms in total. The lowest BCUT2D eigenvalue weighted by Gasteiger charge is -2.34. The Kier molecular flexibility index (Phi) is 57.2. The van der Waals surface area contributed by atoms with Gasteiger partial charge in [0.1, 0.15) is 78.9 Å². The van der Waals surface area contributed by atoms with Crippen LogP contribution in [0.5, 0.6) is 0 Å². The van der Waals surface area contributed by atoms with Crippen LogP contribution < -0.4 is 86.3 Å². The molecular weight excluding hydrogens is 1900 g/mol. The van der Waals surface area contributed by atoms with E-state index in [1.807, 2.05) is 0 Å². The lowest BCUT2D eigenvalue weighted by Crippen LogP contribution is -2.60. The van der Waals surface area contributed by atoms with E-state index in [2.05, 4.69) is 94.7 Å². The van der Waals surface area contributed by atoms with Crippen molar-refractivity contribution in [2.24, 2.45) is 17.2 Å². The van der Waals surface area contributed by atoms with Gasteiger partial charge in [-0.05, 0) is 164 Å². The minimum atomic E-state index is -1.76. The molecule has 15 amide bonds. The van der Waals surface area contributed by atoms with E-state index in [0.717, 1.165) is 49.2 Å². The molecule has 3 saturated heterocycles. The number of guanidine groups is 1. The monoisotopic (exact) mass is 2050 g/mol. The molecule has 0 aliphatic carbocycles. The molecule has 26 N–H and O–H groups in total. The zero-order valence-corrected chi connectivity index (χ0v) is 83.3. The Morgan fingerprint density at radius 2 is 1.14 bits per heavy atom. The highest BCUT2D eigenvalue weighted by atomic mass is 33.1. The van der Waals surface area contributed by atoms with Crippen molar-refractivity contribution in [2.75, 3.05) is 110 Å². The molecule has 0 saturated carbocycles. The highest BCUT2D eigenvalue weighted by Gasteiger charge is 2.46. The van der Waals surface area contributed by atoms with Gasteiger partial charge in [0.25, 0.3) is 0 Å². The minimum absolute atomic E-state index is 0.000232. The summed E-state index contributed by atoms with van der Waals surface area (Å²) in [6.07, 6.45) is 17.5. The van der Waals surface area contributed by atoms with Crippen molar-refractivity contribution >= 4 is 145 Å². The van der Waals surface area contributed by atoms with Crippen LogP contribution in [0.1, 0.15) is 230 Å². The molecule has 0 radical (unpaired) electrons. The number of aryl methyl sites for hydroxylation is 1. The Morgan fingerprint density at radius 1 is 0.566 bits per heavy atom. The third-order valence-corrected chi connectivity index (χ3v) is 26.8. The number of likely N-dealkylation sites (tertiary alicyclic amines) is 2. The number of aromatic amines is 2. The summed E-state index contributed by atoms with van der Waals surface area (Å²) in [7, 11) is 2.45. The number of ether oxygens (including phenoxy) is 2. The third-order valence-electron chi connectivity index (χ3n) is 24.3. The predicted octanol–water partition coefficient (Wildman–Crippen LogP) is -1.60. The fourth-order valence-corrected chi connectivity index (χ4v) is 19.0. The highest BCUT2D eigenvalue weighted by molar-refractivity contribution is 8.76. The van der Waals surface area contributed by atoms with Gasteiger partial charge in [0.15, 0.2) is 5.96 Å². The SMILES string of the molecule is CC(=O)N[C@H]1CCSSCC[C@@H](C(=O)N2CCC[C@H]2C(=O)N2CCC[C@H]2C(=O)N[C@@H](CCCCN)C(=O)N[C@@H](CCC(=O)O)C(=O)N[C@@H](CCCCN(CC(=O)O)CC(=O)O)C(=O)N[C@@H](CCCCNC(=O)COCCOCCNC(=O)CCCCCCCCCCCCCCCc2nnn[nH]2)C(N)=O)NC(=O)[C@H](Cc2c[nH]c3ccccc23)NC(=O)[C@H](CCCNC(=N)N)NC(=O)CNC(=O)[C@H](CO)NC1=O. The number of benzene rings is 1. The van der Waals surface area contributed by atoms with Crippen LogP contribution in [0.2, 0.25) is 0 Å². The average Bonchev–Trinajstić information content (AvgIpc) is 1.66. The van der Waals surface area contributed by atoms with Crippen molar-refractivity contribution in [3.63, 3.8) is 0 Å². The van der Waals surface area contributed by atoms with Crippen molar-refractivity contribution in [2.45, 2.75) is 298 Å². The number of unbranched alkanes of at least 4 members (excludes halogenated alkanes) is 15. The van der Waals surface area contributed by atoms with Gasteiger partial charge in [0.2, 0.25) is 88.6 Å². The fraction of sp³-hybridized carbons (Fsp3) is 0.696. The Morgan fingerprint density at radius 3 is 1.77 bits per heavy atom. The summed E-state index contributed by atoms with van der Waals surface area (Å²) in [5.41, 5.74) is 18.5. The van der Waals surface area contributed by atoms with Crippen molar-refractivity contribution in [3.8, 4) is 0 Å². The quantitative estimate of drug-likeness (QED) is 0.0131. The molecular formula is C92H149N25O24S2. The third kappa shape index (κ3) is 47.4. The lowest BCUT2D eigenvalue weighted by molar-refractivity contribution is -0.148. The van der Waals surface area contributed by atoms with Gasteiger partial charge in [-0.3, -0.25) is 96.6 Å². The number of aliphatic hydroxyl groups excluding tert-OH is 1. The number of aliphatic hydroxyl groups is 1. The van der Waals surface area contributed by atoms with Gasteiger partial charge in [-0.25, -0.2) is 5.10 Å². The summed E-state index contributed by atoms with van der Waals surface area (Å²) in [5.74, 6) is -15.2. The first-order valence-electron chi connectivity index (χ1n) is 49.6. The second-order valence-corrected chi connectivity index (χ2v) is 38.5. The molecule has 0 spiro atoms. The Bertz CT molecular complexity index is 4540. The van der Waals surface area contributed by atoms with E-state index in [1.165, 1.54) is 89.7 Å². The number of aliphatic carboxylic acids is 3. The number of H-pyrrole nitrogens is 2. The number of primary amides is 1. The molecule has 3 fully saturated rings. The van der Waals surface area contributed by atoms with Gasteiger partial charge in [-0.2, -0.15) is 0 Å². The van der Waals surface area contributed by atoms with Gasteiger partial charge in [-0.15, -0.1) is 5.10 Å². The lowest BCUT2D eigenvalue weighted by atomic mass is 10.0. The van der Waals surface area contributed by atoms with Gasteiger partial charge in [0.05, 0.1) is 46.1 Å². The van der Waals surface area contributed by atoms with Crippen molar-refractivity contribution < 1.29 is 116 Å². The number of para-hydroxylation sites is 1. The zero-order valence-electron chi connectivity index (χ0n) is 81.7. The Labute approximate surface area is 839 Å². The van der Waals surface area contributed by atoms with Crippen molar-refractivity contribution in [3.05, 3.63) is 41.9 Å². The normalized spacial score (nSPS) is 18.8. The smallest absolute Gasteiger partial charge is 0.317 e. The topological polar surface area (TPSA) is 745 Å². The molecule has 51 heteroatoms. The van der Waals surface area contributed by atoms with E-state index < -0.39 is 206 Å². The van der Waals surface area contributed by atoms with Crippen LogP contribution in [-0.2, 0) is 109 Å². The molecule has 3 aliphatic heterocycles. The maximum atomic E-state index is 15.5. The number of aromatic nitrogens is 5. The number of nitrogens with two attached hydrogens (primary N) is 3. The summed E-state index contributed by atoms with van der Waals surface area (Å²) in [5, 5.41) is 95.5. The summed E-state index contributed by atoms with van der Waals surface area (Å²) in [6.45, 7) is -1.18. The van der Waals surface area contributed by atoms with Gasteiger partial charge in [-0.1, -0.05) is 110 Å². The standard InChI is InChI=1S/C92H149N25O24S2/c1-59(119)102-68-38-50-142-143-51-39-69(108-88(136)70(52-60-53-100-62-27-16-15-26-61(60)62)109-83(131)64(31-23-42-99-92(95)96)103-76(121)54-101-82(130)71(57-118)110-87(68)135)90(138)117-46-25-33-73(117)91(139)116-45-24-32-72(116)89(137)107-66(29-17-20-40-93)85(133)106-67(36-37-78(123)124)86(134)105-65(30-19-22-44-115(55-79(125)126)56-80(127)128)84(132)104-63(81(94)129)28-18-21-41-97-77(122)58-141-49-48-140-47-43-98-75(120)35-14-12-10-8-6-4-2-3-5-7-9-11-13-34-74-111-113-114-112-74/h15-16,26-27,53,63-73,100,118H,2-14,17-25,28-52,54-58,93H2,1H3,(H2,94,129)(H,97,122)(H,98,120)(H,101,130)(H,102,119)(H,103,121)(H,104,132)(H,105,134)(H,106,133)(H,107,137)(H,108,136)(H,109,131)(H,110,135)(H,123,124)(H,125,126)(H,127,128)(H4,95,96,99)(H,111,112,113,114)/t63-,64-,65-,66-,67-,68-,69-,70-,71-,72-,73-/m0/s1. The van der Waals surface area contributed by atoms with Crippen LogP contribution in [0.3, 0.4) is 0 Å². The number of carbonyl (C=O) groups excluding carboxylic acids is 15. The number of fused-ring (bicyclic) bond motifs is 1. The maximum Gasteiger partial charge on any atom is 0.317 e. The van der Waals surface area contributed by atoms with E-state index in [-0.39, 0.29) is 198 Å².